The zero-order valence-corrected chi connectivity index (χ0v) is 19.9. The van der Waals surface area contributed by atoms with Crippen molar-refractivity contribution in [1.29, 1.82) is 0 Å². The third-order valence-electron chi connectivity index (χ3n) is 5.24. The van der Waals surface area contributed by atoms with Crippen molar-refractivity contribution in [2.45, 2.75) is 39.0 Å². The molecule has 1 N–H and O–H groups in total. The summed E-state index contributed by atoms with van der Waals surface area (Å²) in [5.41, 5.74) is 3.05. The summed E-state index contributed by atoms with van der Waals surface area (Å²) in [5.74, 6) is 1.50. The molecule has 0 spiro atoms. The van der Waals surface area contributed by atoms with Gasteiger partial charge in [-0.05, 0) is 54.6 Å². The molecule has 32 heavy (non-hydrogen) atoms. The summed E-state index contributed by atoms with van der Waals surface area (Å²) in [7, 11) is -1.10. The Kier molecular flexibility index (Phi) is 6.74. The predicted molar refractivity (Wildman–Crippen MR) is 129 cm³/mol. The Morgan fingerprint density at radius 1 is 0.938 bits per heavy atom. The predicted octanol–water partition coefficient (Wildman–Crippen LogP) is 5.00. The molecule has 0 aliphatic carbocycles. The second kappa shape index (κ2) is 9.68. The lowest BCUT2D eigenvalue weighted by atomic mass is 10.1. The lowest BCUT2D eigenvalue weighted by Gasteiger charge is -2.16. The minimum absolute atomic E-state index is 0.0604. The number of nitrogens with zero attached hydrogens (tertiary/aromatic N) is 4. The summed E-state index contributed by atoms with van der Waals surface area (Å²) in [4.78, 5) is 0. The van der Waals surface area contributed by atoms with Crippen LogP contribution in [0.3, 0.4) is 0 Å². The van der Waals surface area contributed by atoms with Crippen molar-refractivity contribution in [2.24, 2.45) is 0 Å². The minimum atomic E-state index is -1.10. The third kappa shape index (κ3) is 5.45. The molecule has 0 bridgehead atoms. The fraction of sp³-hybridized carbons (Fsp3) is 0.333. The molecule has 0 saturated heterocycles. The Morgan fingerprint density at radius 3 is 2.47 bits per heavy atom. The van der Waals surface area contributed by atoms with Crippen LogP contribution in [0.5, 0.6) is 11.5 Å². The molecule has 0 saturated carbocycles. The molecule has 2 aromatic heterocycles. The van der Waals surface area contributed by atoms with Gasteiger partial charge in [0, 0.05) is 31.8 Å². The van der Waals surface area contributed by atoms with E-state index in [9.17, 15) is 0 Å². The zero-order valence-electron chi connectivity index (χ0n) is 18.9. The first kappa shape index (κ1) is 22.3. The second-order valence-electron chi connectivity index (χ2n) is 9.00. The van der Waals surface area contributed by atoms with Crippen LogP contribution in [0, 0.1) is 0 Å². The van der Waals surface area contributed by atoms with E-state index < -0.39 is 8.07 Å². The number of hydrogen-bond donors (Lipinski definition) is 1. The van der Waals surface area contributed by atoms with E-state index in [2.05, 4.69) is 29.8 Å². The van der Waals surface area contributed by atoms with Gasteiger partial charge in [0.05, 0.1) is 30.6 Å². The van der Waals surface area contributed by atoms with Gasteiger partial charge in [-0.1, -0.05) is 19.6 Å². The van der Waals surface area contributed by atoms with Crippen LogP contribution in [-0.2, 0) is 18.0 Å². The highest BCUT2D eigenvalue weighted by Gasteiger charge is 2.13. The smallest absolute Gasteiger partial charge is 0.139 e. The molecule has 0 fully saturated rings. The standard InChI is InChI=1S/C24H30N4O3Si/c1-32(2,3)15-14-30-18-28-24(10-11-25-28)19-4-6-21(7-5-19)31-22-8-9-23-20(16-22)17-26-27(23)12-13-29/h4-11,16-17,29H,12-15,18H2,1-3H3. The lowest BCUT2D eigenvalue weighted by molar-refractivity contribution is 0.0798. The summed E-state index contributed by atoms with van der Waals surface area (Å²) in [6, 6.07) is 16.9. The van der Waals surface area contributed by atoms with Crippen molar-refractivity contribution in [1.82, 2.24) is 19.6 Å². The van der Waals surface area contributed by atoms with Crippen LogP contribution < -0.4 is 4.74 Å². The normalized spacial score (nSPS) is 11.9. The van der Waals surface area contributed by atoms with Gasteiger partial charge < -0.3 is 14.6 Å². The lowest BCUT2D eigenvalue weighted by Crippen LogP contribution is -2.22. The molecule has 2 heterocycles. The van der Waals surface area contributed by atoms with Crippen LogP contribution in [0.25, 0.3) is 22.2 Å². The van der Waals surface area contributed by atoms with Gasteiger partial charge in [0.2, 0.25) is 0 Å². The van der Waals surface area contributed by atoms with Crippen LogP contribution in [0.15, 0.2) is 60.9 Å². The molecule has 4 aromatic rings. The fourth-order valence-electron chi connectivity index (χ4n) is 3.44. The van der Waals surface area contributed by atoms with Crippen molar-refractivity contribution in [3.8, 4) is 22.8 Å². The molecule has 0 radical (unpaired) electrons. The van der Waals surface area contributed by atoms with Crippen LogP contribution in [-0.4, -0.2) is 46.0 Å². The number of aromatic nitrogens is 4. The molecule has 8 heteroatoms. The maximum absolute atomic E-state index is 9.14. The molecule has 0 unspecified atom stereocenters. The summed E-state index contributed by atoms with van der Waals surface area (Å²) < 4.78 is 15.6. The highest BCUT2D eigenvalue weighted by Crippen LogP contribution is 2.28. The Bertz CT molecular complexity index is 1160. The number of fused-ring (bicyclic) bond motifs is 1. The number of hydrogen-bond acceptors (Lipinski definition) is 5. The molecule has 2 aromatic carbocycles. The Balaban J connectivity index is 1.41. The van der Waals surface area contributed by atoms with Gasteiger partial charge in [0.15, 0.2) is 0 Å². The van der Waals surface area contributed by atoms with Crippen LogP contribution in [0.2, 0.25) is 25.7 Å². The Labute approximate surface area is 189 Å². The SMILES string of the molecule is C[Si](C)(C)CCOCn1nccc1-c1ccc(Oc2ccc3c(cnn3CCO)c2)cc1. The quantitative estimate of drug-likeness (QED) is 0.272. The van der Waals surface area contributed by atoms with Crippen molar-refractivity contribution in [3.63, 3.8) is 0 Å². The van der Waals surface area contributed by atoms with Crippen LogP contribution >= 0.6 is 0 Å². The van der Waals surface area contributed by atoms with E-state index in [0.29, 0.717) is 13.3 Å². The van der Waals surface area contributed by atoms with Crippen molar-refractivity contribution >= 4 is 19.0 Å². The van der Waals surface area contributed by atoms with Gasteiger partial charge in [-0.15, -0.1) is 0 Å². The van der Waals surface area contributed by atoms with Gasteiger partial charge in [0.25, 0.3) is 0 Å². The summed E-state index contributed by atoms with van der Waals surface area (Å²) in [5, 5.41) is 18.8. The largest absolute Gasteiger partial charge is 0.457 e. The number of ether oxygens (including phenoxy) is 2. The monoisotopic (exact) mass is 450 g/mol. The topological polar surface area (TPSA) is 74.3 Å². The summed E-state index contributed by atoms with van der Waals surface area (Å²) in [6.07, 6.45) is 3.58. The van der Waals surface area contributed by atoms with Crippen molar-refractivity contribution < 1.29 is 14.6 Å². The molecule has 0 atom stereocenters. The molecule has 4 rings (SSSR count). The second-order valence-corrected chi connectivity index (χ2v) is 14.6. The molecule has 0 amide bonds. The van der Waals surface area contributed by atoms with Gasteiger partial charge in [-0.3, -0.25) is 4.68 Å². The maximum Gasteiger partial charge on any atom is 0.139 e. The molecule has 0 aliphatic rings. The number of benzene rings is 2. The van der Waals surface area contributed by atoms with E-state index in [4.69, 9.17) is 14.6 Å². The first-order valence-corrected chi connectivity index (χ1v) is 14.6. The molecular formula is C24H30N4O3Si. The van der Waals surface area contributed by atoms with Gasteiger partial charge >= 0.3 is 0 Å². The molecular weight excluding hydrogens is 420 g/mol. The average molecular weight is 451 g/mol. The third-order valence-corrected chi connectivity index (χ3v) is 6.94. The Morgan fingerprint density at radius 2 is 1.72 bits per heavy atom. The fourth-order valence-corrected chi connectivity index (χ4v) is 4.20. The van der Waals surface area contributed by atoms with E-state index in [-0.39, 0.29) is 6.61 Å². The zero-order chi connectivity index (χ0) is 22.6. The molecule has 0 aliphatic heterocycles. The van der Waals surface area contributed by atoms with Crippen LogP contribution in [0.1, 0.15) is 0 Å². The van der Waals surface area contributed by atoms with E-state index in [1.807, 2.05) is 53.2 Å². The van der Waals surface area contributed by atoms with E-state index in [0.717, 1.165) is 46.3 Å². The van der Waals surface area contributed by atoms with E-state index in [1.54, 1.807) is 17.1 Å². The van der Waals surface area contributed by atoms with E-state index in [1.165, 1.54) is 0 Å². The van der Waals surface area contributed by atoms with Crippen molar-refractivity contribution in [3.05, 3.63) is 60.9 Å². The summed E-state index contributed by atoms with van der Waals surface area (Å²) in [6.45, 7) is 8.81. The first-order valence-electron chi connectivity index (χ1n) is 10.9. The van der Waals surface area contributed by atoms with Crippen molar-refractivity contribution in [2.75, 3.05) is 13.2 Å². The highest BCUT2D eigenvalue weighted by atomic mass is 28.3. The maximum atomic E-state index is 9.14. The Hall–Kier alpha value is -2.94. The number of aliphatic hydroxyl groups excluding tert-OH is 1. The molecule has 7 nitrogen and oxygen atoms in total. The van der Waals surface area contributed by atoms with E-state index >= 15 is 0 Å². The van der Waals surface area contributed by atoms with Gasteiger partial charge in [-0.25, -0.2) is 4.68 Å². The molecule has 168 valence electrons. The number of aliphatic hydroxyl groups is 1. The number of rotatable bonds is 10. The van der Waals surface area contributed by atoms with Gasteiger partial charge in [0.1, 0.15) is 18.2 Å². The highest BCUT2D eigenvalue weighted by molar-refractivity contribution is 6.76. The summed E-state index contributed by atoms with van der Waals surface area (Å²) >= 11 is 0. The van der Waals surface area contributed by atoms with Gasteiger partial charge in [-0.2, -0.15) is 10.2 Å². The first-order chi connectivity index (χ1) is 15.4. The minimum Gasteiger partial charge on any atom is -0.457 e. The average Bonchev–Trinajstić information content (AvgIpc) is 3.38. The van der Waals surface area contributed by atoms with Crippen LogP contribution in [0.4, 0.5) is 0 Å².